The average Bonchev–Trinajstić information content (AvgIpc) is 2.11. The van der Waals surface area contributed by atoms with Crippen LogP contribution in [0, 0.1) is 0 Å². The van der Waals surface area contributed by atoms with Crippen LogP contribution in [0.15, 0.2) is 12.2 Å². The molecule has 74 valence electrons. The largest absolute Gasteiger partial charge is 0.292 e. The Hall–Kier alpha value is -0.0900. The van der Waals surface area contributed by atoms with E-state index in [2.05, 4.69) is 0 Å². The van der Waals surface area contributed by atoms with Crippen LogP contribution in [-0.2, 0) is 15.6 Å². The van der Waals surface area contributed by atoms with Gasteiger partial charge in [0.2, 0.25) is 0 Å². The normalized spacial score (nSPS) is 35.1. The maximum Gasteiger partial charge on any atom is 0.183 e. The van der Waals surface area contributed by atoms with Crippen molar-refractivity contribution in [2.45, 2.75) is 24.3 Å². The highest BCUT2D eigenvalue weighted by Crippen LogP contribution is 2.35. The van der Waals surface area contributed by atoms with E-state index >= 15 is 0 Å². The molecule has 13 heavy (non-hydrogen) atoms. The molecule has 0 unspecified atom stereocenters. The topological polar surface area (TPSA) is 34.1 Å². The number of carbonyl (C=O) groups is 1. The van der Waals surface area contributed by atoms with E-state index in [9.17, 15) is 9.00 Å². The number of thioether (sulfide) groups is 1. The number of hydrogen-bond donors (Lipinski definition) is 0. The lowest BCUT2D eigenvalue weighted by Crippen LogP contribution is -2.40. The van der Waals surface area contributed by atoms with Gasteiger partial charge in [-0.15, -0.1) is 11.8 Å². The predicted molar refractivity (Wildman–Crippen MR) is 58.3 cm³/mol. The van der Waals surface area contributed by atoms with E-state index in [1.807, 2.05) is 0 Å². The third-order valence-corrected chi connectivity index (χ3v) is 5.94. The van der Waals surface area contributed by atoms with Crippen LogP contribution in [0.4, 0.5) is 0 Å². The molecule has 1 heterocycles. The Bertz CT molecular complexity index is 260. The Labute approximate surface area is 85.6 Å². The first-order valence-electron chi connectivity index (χ1n) is 4.31. The second-order valence-corrected chi connectivity index (χ2v) is 6.75. The van der Waals surface area contributed by atoms with Gasteiger partial charge in [0.1, 0.15) is 0 Å². The Morgan fingerprint density at radius 1 is 1.62 bits per heavy atom. The van der Waals surface area contributed by atoms with Crippen molar-refractivity contribution in [3.63, 3.8) is 0 Å². The van der Waals surface area contributed by atoms with Gasteiger partial charge < -0.3 is 0 Å². The molecule has 0 spiro atoms. The van der Waals surface area contributed by atoms with Crippen molar-refractivity contribution < 1.29 is 9.00 Å². The molecular formula is C9H14O2S2. The van der Waals surface area contributed by atoms with Gasteiger partial charge in [0.25, 0.3) is 0 Å². The summed E-state index contributed by atoms with van der Waals surface area (Å²) >= 11 is 1.52. The fourth-order valence-electron chi connectivity index (χ4n) is 1.20. The predicted octanol–water partition coefficient (Wildman–Crippen LogP) is 1.73. The number of ketones is 1. The lowest BCUT2D eigenvalue weighted by atomic mass is 10.3. The minimum absolute atomic E-state index is 0.0157. The summed E-state index contributed by atoms with van der Waals surface area (Å²) in [5, 5.41) is 0. The molecular weight excluding hydrogens is 204 g/mol. The molecule has 0 aromatic heterocycles. The molecule has 0 saturated carbocycles. The number of allylic oxidation sites excluding steroid dienone is 2. The molecule has 2 nitrogen and oxygen atoms in total. The third-order valence-electron chi connectivity index (χ3n) is 2.05. The quantitative estimate of drug-likeness (QED) is 0.662. The Balaban J connectivity index is 2.83. The zero-order valence-electron chi connectivity index (χ0n) is 7.91. The molecule has 0 aromatic carbocycles. The molecule has 1 rings (SSSR count). The minimum Gasteiger partial charge on any atom is -0.292 e. The molecule has 0 aromatic rings. The first-order valence-corrected chi connectivity index (χ1v) is 6.61. The van der Waals surface area contributed by atoms with E-state index in [-0.39, 0.29) is 5.78 Å². The fraction of sp³-hybridized carbons (Fsp3) is 0.667. The lowest BCUT2D eigenvalue weighted by Gasteiger charge is -2.29. The molecule has 2 atom stereocenters. The highest BCUT2D eigenvalue weighted by atomic mass is 32.2. The van der Waals surface area contributed by atoms with Crippen LogP contribution in [0.2, 0.25) is 0 Å². The molecule has 0 radical (unpaired) electrons. The molecule has 0 N–H and O–H groups in total. The van der Waals surface area contributed by atoms with Crippen LogP contribution < -0.4 is 0 Å². The second-order valence-electron chi connectivity index (χ2n) is 3.06. The van der Waals surface area contributed by atoms with Crippen LogP contribution in [-0.4, -0.2) is 25.6 Å². The second kappa shape index (κ2) is 4.42. The van der Waals surface area contributed by atoms with E-state index in [0.29, 0.717) is 5.75 Å². The van der Waals surface area contributed by atoms with Crippen LogP contribution >= 0.6 is 11.8 Å². The number of hydrogen-bond acceptors (Lipinski definition) is 3. The van der Waals surface area contributed by atoms with Crippen molar-refractivity contribution >= 4 is 28.3 Å². The van der Waals surface area contributed by atoms with E-state index in [4.69, 9.17) is 0 Å². The summed E-state index contributed by atoms with van der Waals surface area (Å²) in [6.07, 6.45) is 4.19. The van der Waals surface area contributed by atoms with Gasteiger partial charge in [0, 0.05) is 16.6 Å². The maximum atomic E-state index is 11.7. The lowest BCUT2D eigenvalue weighted by molar-refractivity contribution is -0.114. The molecule has 0 bridgehead atoms. The zero-order chi connectivity index (χ0) is 9.90. The highest BCUT2D eigenvalue weighted by molar-refractivity contribution is 8.14. The van der Waals surface area contributed by atoms with Gasteiger partial charge in [-0.25, -0.2) is 0 Å². The summed E-state index contributed by atoms with van der Waals surface area (Å²) in [7, 11) is -1.01. The summed E-state index contributed by atoms with van der Waals surface area (Å²) in [6, 6.07) is 0. The zero-order valence-corrected chi connectivity index (χ0v) is 9.54. The molecule has 1 saturated heterocycles. The standard InChI is InChI=1S/C9H14O2S2/c1-3-5-8(10)9(2)12-6-4-7-13(9)11/h3,5H,4,6-7H2,1-2H3/b5-3+/t9-,13+/m0/s1. The van der Waals surface area contributed by atoms with Crippen molar-refractivity contribution in [3.8, 4) is 0 Å². The molecule has 4 heteroatoms. The van der Waals surface area contributed by atoms with Crippen LogP contribution in [0.1, 0.15) is 20.3 Å². The van der Waals surface area contributed by atoms with Crippen LogP contribution in [0.3, 0.4) is 0 Å². The summed E-state index contributed by atoms with van der Waals surface area (Å²) in [5.41, 5.74) is 0. The first-order chi connectivity index (χ1) is 6.11. The van der Waals surface area contributed by atoms with Gasteiger partial charge in [-0.2, -0.15) is 0 Å². The van der Waals surface area contributed by atoms with Gasteiger partial charge in [0.05, 0.1) is 0 Å². The van der Waals surface area contributed by atoms with E-state index in [1.165, 1.54) is 17.8 Å². The Morgan fingerprint density at radius 3 is 2.85 bits per heavy atom. The van der Waals surface area contributed by atoms with Crippen molar-refractivity contribution in [3.05, 3.63) is 12.2 Å². The molecule has 1 fully saturated rings. The average molecular weight is 218 g/mol. The third kappa shape index (κ3) is 2.23. The van der Waals surface area contributed by atoms with Crippen LogP contribution in [0.5, 0.6) is 0 Å². The van der Waals surface area contributed by atoms with Crippen molar-refractivity contribution in [1.29, 1.82) is 0 Å². The van der Waals surface area contributed by atoms with Gasteiger partial charge in [-0.3, -0.25) is 9.00 Å². The van der Waals surface area contributed by atoms with Gasteiger partial charge in [0.15, 0.2) is 9.86 Å². The van der Waals surface area contributed by atoms with Crippen LogP contribution in [0.25, 0.3) is 0 Å². The van der Waals surface area contributed by atoms with Gasteiger partial charge in [-0.05, 0) is 32.1 Å². The van der Waals surface area contributed by atoms with Gasteiger partial charge >= 0.3 is 0 Å². The number of rotatable bonds is 2. The molecule has 1 aliphatic rings. The SMILES string of the molecule is C/C=C/C(=O)[C@@]1(C)SCCC[S@]1=O. The van der Waals surface area contributed by atoms with Gasteiger partial charge in [-0.1, -0.05) is 6.08 Å². The number of carbonyl (C=O) groups excluding carboxylic acids is 1. The van der Waals surface area contributed by atoms with E-state index < -0.39 is 14.9 Å². The summed E-state index contributed by atoms with van der Waals surface area (Å²) in [5.74, 6) is 1.58. The Morgan fingerprint density at radius 2 is 2.31 bits per heavy atom. The Kier molecular flexibility index (Phi) is 3.74. The first kappa shape index (κ1) is 11.0. The van der Waals surface area contributed by atoms with E-state index in [1.54, 1.807) is 19.9 Å². The smallest absolute Gasteiger partial charge is 0.183 e. The highest BCUT2D eigenvalue weighted by Gasteiger charge is 2.40. The molecule has 1 aliphatic heterocycles. The van der Waals surface area contributed by atoms with Crippen molar-refractivity contribution in [2.24, 2.45) is 0 Å². The van der Waals surface area contributed by atoms with E-state index in [0.717, 1.165) is 12.2 Å². The summed E-state index contributed by atoms with van der Waals surface area (Å²) in [6.45, 7) is 3.59. The maximum absolute atomic E-state index is 11.7. The monoisotopic (exact) mass is 218 g/mol. The summed E-state index contributed by atoms with van der Waals surface area (Å²) < 4.78 is 11.0. The fourth-order valence-corrected chi connectivity index (χ4v) is 4.39. The van der Waals surface area contributed by atoms with Crippen molar-refractivity contribution in [1.82, 2.24) is 0 Å². The minimum atomic E-state index is -1.01. The summed E-state index contributed by atoms with van der Waals surface area (Å²) in [4.78, 5) is 11.6. The van der Waals surface area contributed by atoms with Crippen molar-refractivity contribution in [2.75, 3.05) is 11.5 Å². The molecule has 0 amide bonds. The molecule has 0 aliphatic carbocycles.